The van der Waals surface area contributed by atoms with Crippen molar-refractivity contribution >= 4 is 17.7 Å². The highest BCUT2D eigenvalue weighted by Crippen LogP contribution is 2.38. The summed E-state index contributed by atoms with van der Waals surface area (Å²) in [7, 11) is 3.09. The van der Waals surface area contributed by atoms with Gasteiger partial charge in [-0.25, -0.2) is 9.18 Å². The third kappa shape index (κ3) is 2.49. The predicted octanol–water partition coefficient (Wildman–Crippen LogP) is 2.65. The fourth-order valence-corrected chi connectivity index (χ4v) is 2.55. The smallest absolute Gasteiger partial charge is 0.356 e. The summed E-state index contributed by atoms with van der Waals surface area (Å²) in [6.07, 6.45) is 1.81. The van der Waals surface area contributed by atoms with Crippen molar-refractivity contribution in [3.8, 4) is 17.0 Å². The Morgan fingerprint density at radius 2 is 2.15 bits per heavy atom. The molecule has 0 saturated heterocycles. The molecule has 0 aliphatic carbocycles. The molecule has 0 bridgehead atoms. The summed E-state index contributed by atoms with van der Waals surface area (Å²) in [5, 5.41) is 12.8. The topological polar surface area (TPSA) is 64.3 Å². The molecule has 20 heavy (non-hydrogen) atoms. The Hall–Kier alpha value is -2.02. The van der Waals surface area contributed by atoms with Gasteiger partial charge in [-0.15, -0.1) is 11.8 Å². The molecule has 0 spiro atoms. The van der Waals surface area contributed by atoms with E-state index in [9.17, 15) is 9.18 Å². The standard InChI is InChI=1S/C13H13FN2O3S/c1-16-10(6-9(15-16)13(17)18)8-4-7(14)5-11(20-3)12(8)19-2/h4-6H,1-3H3,(H,17,18). The van der Waals surface area contributed by atoms with E-state index in [0.717, 1.165) is 0 Å². The van der Waals surface area contributed by atoms with Gasteiger partial charge in [0.1, 0.15) is 11.6 Å². The van der Waals surface area contributed by atoms with Crippen molar-refractivity contribution in [1.82, 2.24) is 9.78 Å². The number of hydrogen-bond donors (Lipinski definition) is 1. The number of carboxylic acids is 1. The van der Waals surface area contributed by atoms with Crippen LogP contribution in [0.2, 0.25) is 0 Å². The van der Waals surface area contributed by atoms with Crippen molar-refractivity contribution in [2.24, 2.45) is 7.05 Å². The van der Waals surface area contributed by atoms with Gasteiger partial charge in [-0.2, -0.15) is 5.10 Å². The van der Waals surface area contributed by atoms with Gasteiger partial charge in [-0.05, 0) is 24.5 Å². The van der Waals surface area contributed by atoms with Crippen LogP contribution < -0.4 is 4.74 Å². The lowest BCUT2D eigenvalue weighted by Crippen LogP contribution is -2.00. The molecule has 0 saturated carbocycles. The quantitative estimate of drug-likeness (QED) is 0.879. The number of carboxylic acid groups (broad SMARTS) is 1. The first-order valence-corrected chi connectivity index (χ1v) is 6.89. The maximum Gasteiger partial charge on any atom is 0.356 e. The van der Waals surface area contributed by atoms with E-state index in [1.807, 2.05) is 6.26 Å². The Morgan fingerprint density at radius 1 is 1.45 bits per heavy atom. The number of aromatic carboxylic acids is 1. The Bertz CT molecular complexity index is 670. The van der Waals surface area contributed by atoms with Gasteiger partial charge in [0.05, 0.1) is 17.7 Å². The molecule has 1 heterocycles. The average Bonchev–Trinajstić information content (AvgIpc) is 2.79. The number of halogens is 1. The van der Waals surface area contributed by atoms with Gasteiger partial charge >= 0.3 is 5.97 Å². The number of benzene rings is 1. The van der Waals surface area contributed by atoms with E-state index in [0.29, 0.717) is 21.9 Å². The minimum Gasteiger partial charge on any atom is -0.495 e. The van der Waals surface area contributed by atoms with Crippen molar-refractivity contribution in [1.29, 1.82) is 0 Å². The molecule has 0 amide bonds. The molecule has 0 fully saturated rings. The first kappa shape index (κ1) is 14.4. The maximum atomic E-state index is 13.7. The Labute approximate surface area is 119 Å². The Balaban J connectivity index is 2.68. The second kappa shape index (κ2) is 5.54. The van der Waals surface area contributed by atoms with E-state index in [2.05, 4.69) is 5.10 Å². The van der Waals surface area contributed by atoms with Crippen LogP contribution in [0, 0.1) is 5.82 Å². The minimum absolute atomic E-state index is 0.0977. The van der Waals surface area contributed by atoms with Gasteiger partial charge in [-0.1, -0.05) is 0 Å². The lowest BCUT2D eigenvalue weighted by Gasteiger charge is -2.12. The molecule has 5 nitrogen and oxygen atoms in total. The summed E-state index contributed by atoms with van der Waals surface area (Å²) in [5.74, 6) is -1.05. The number of rotatable bonds is 4. The van der Waals surface area contributed by atoms with Crippen LogP contribution in [-0.2, 0) is 7.05 Å². The van der Waals surface area contributed by atoms with Crippen LogP contribution in [0.3, 0.4) is 0 Å². The highest BCUT2D eigenvalue weighted by molar-refractivity contribution is 7.98. The first-order chi connectivity index (χ1) is 9.47. The number of ether oxygens (including phenoxy) is 1. The number of thioether (sulfide) groups is 1. The molecule has 0 aliphatic heterocycles. The number of methoxy groups -OCH3 is 1. The molecule has 0 atom stereocenters. The van der Waals surface area contributed by atoms with Crippen molar-refractivity contribution in [2.75, 3.05) is 13.4 Å². The molecule has 1 aromatic heterocycles. The third-order valence-electron chi connectivity index (χ3n) is 2.82. The van der Waals surface area contributed by atoms with Gasteiger partial charge in [0, 0.05) is 12.6 Å². The monoisotopic (exact) mass is 296 g/mol. The molecular formula is C13H13FN2O3S. The molecule has 1 N–H and O–H groups in total. The van der Waals surface area contributed by atoms with Crippen molar-refractivity contribution in [3.63, 3.8) is 0 Å². The van der Waals surface area contributed by atoms with Gasteiger partial charge in [-0.3, -0.25) is 4.68 Å². The summed E-state index contributed by atoms with van der Waals surface area (Å²) in [6, 6.07) is 4.08. The lowest BCUT2D eigenvalue weighted by molar-refractivity contribution is 0.0689. The van der Waals surface area contributed by atoms with E-state index in [1.165, 1.54) is 41.8 Å². The number of aromatic nitrogens is 2. The molecule has 0 unspecified atom stereocenters. The highest BCUT2D eigenvalue weighted by atomic mass is 32.2. The second-order valence-electron chi connectivity index (χ2n) is 4.03. The molecule has 0 radical (unpaired) electrons. The number of hydrogen-bond acceptors (Lipinski definition) is 4. The zero-order valence-corrected chi connectivity index (χ0v) is 12.0. The van der Waals surface area contributed by atoms with E-state index in [4.69, 9.17) is 9.84 Å². The fourth-order valence-electron chi connectivity index (χ4n) is 1.94. The highest BCUT2D eigenvalue weighted by Gasteiger charge is 2.19. The van der Waals surface area contributed by atoms with Gasteiger partial charge < -0.3 is 9.84 Å². The Morgan fingerprint density at radius 3 is 2.65 bits per heavy atom. The largest absolute Gasteiger partial charge is 0.495 e. The van der Waals surface area contributed by atoms with Crippen LogP contribution in [0.1, 0.15) is 10.5 Å². The van der Waals surface area contributed by atoms with Crippen molar-refractivity contribution in [2.45, 2.75) is 4.90 Å². The molecule has 106 valence electrons. The SMILES string of the molecule is COc1c(SC)cc(F)cc1-c1cc(C(=O)O)nn1C. The molecule has 7 heteroatoms. The third-order valence-corrected chi connectivity index (χ3v) is 3.56. The maximum absolute atomic E-state index is 13.7. The summed E-state index contributed by atoms with van der Waals surface area (Å²) in [6.45, 7) is 0. The zero-order valence-electron chi connectivity index (χ0n) is 11.2. The first-order valence-electron chi connectivity index (χ1n) is 5.67. The average molecular weight is 296 g/mol. The predicted molar refractivity (Wildman–Crippen MR) is 73.9 cm³/mol. The molecule has 2 rings (SSSR count). The summed E-state index contributed by atoms with van der Waals surface area (Å²) < 4.78 is 20.4. The number of nitrogens with zero attached hydrogens (tertiary/aromatic N) is 2. The molecule has 0 aliphatic rings. The second-order valence-corrected chi connectivity index (χ2v) is 4.88. The molecular weight excluding hydrogens is 283 g/mol. The Kier molecular flexibility index (Phi) is 3.99. The van der Waals surface area contributed by atoms with Gasteiger partial charge in [0.2, 0.25) is 0 Å². The van der Waals surface area contributed by atoms with E-state index >= 15 is 0 Å². The minimum atomic E-state index is -1.13. The molecule has 2 aromatic rings. The van der Waals surface area contributed by atoms with Crippen LogP contribution in [0.25, 0.3) is 11.3 Å². The lowest BCUT2D eigenvalue weighted by atomic mass is 10.1. The van der Waals surface area contributed by atoms with Gasteiger partial charge in [0.25, 0.3) is 0 Å². The molecule has 1 aromatic carbocycles. The summed E-state index contributed by atoms with van der Waals surface area (Å²) >= 11 is 1.35. The number of aryl methyl sites for hydroxylation is 1. The van der Waals surface area contributed by atoms with Crippen LogP contribution in [0.15, 0.2) is 23.1 Å². The van der Waals surface area contributed by atoms with Crippen LogP contribution in [0.5, 0.6) is 5.75 Å². The summed E-state index contributed by atoms with van der Waals surface area (Å²) in [5.41, 5.74) is 0.855. The van der Waals surface area contributed by atoms with Crippen LogP contribution in [0.4, 0.5) is 4.39 Å². The van der Waals surface area contributed by atoms with E-state index < -0.39 is 11.8 Å². The normalized spacial score (nSPS) is 10.6. The van der Waals surface area contributed by atoms with E-state index in [-0.39, 0.29) is 5.69 Å². The van der Waals surface area contributed by atoms with Crippen molar-refractivity contribution < 1.29 is 19.0 Å². The fraction of sp³-hybridized carbons (Fsp3) is 0.231. The summed E-state index contributed by atoms with van der Waals surface area (Å²) in [4.78, 5) is 11.6. The van der Waals surface area contributed by atoms with Crippen molar-refractivity contribution in [3.05, 3.63) is 29.7 Å². The van der Waals surface area contributed by atoms with Gasteiger partial charge in [0.15, 0.2) is 5.69 Å². The van der Waals surface area contributed by atoms with E-state index in [1.54, 1.807) is 7.05 Å². The zero-order chi connectivity index (χ0) is 14.9. The number of carbonyl (C=O) groups is 1. The van der Waals surface area contributed by atoms with Crippen LogP contribution >= 0.6 is 11.8 Å². The van der Waals surface area contributed by atoms with Crippen LogP contribution in [-0.4, -0.2) is 34.2 Å².